The van der Waals surface area contributed by atoms with Crippen LogP contribution in [0.1, 0.15) is 33.6 Å². The van der Waals surface area contributed by atoms with Crippen molar-refractivity contribution in [3.8, 4) is 0 Å². The van der Waals surface area contributed by atoms with E-state index in [2.05, 4.69) is 32.1 Å². The second-order valence-electron chi connectivity index (χ2n) is 4.05. The van der Waals surface area contributed by atoms with Crippen LogP contribution in [0.5, 0.6) is 0 Å². The molecule has 74 valence electrons. The zero-order valence-electron chi connectivity index (χ0n) is 8.11. The van der Waals surface area contributed by atoms with Gasteiger partial charge in [0.2, 0.25) is 0 Å². The Labute approximate surface area is 104 Å². The summed E-state index contributed by atoms with van der Waals surface area (Å²) < 4.78 is 0. The Morgan fingerprint density at radius 3 is 2.00 bits per heavy atom. The Morgan fingerprint density at radius 1 is 1.17 bits per heavy atom. The average Bonchev–Trinajstić information content (AvgIpc) is 1.88. The molecule has 0 bridgehead atoms. The number of hydrogen-bond acceptors (Lipinski definition) is 1. The van der Waals surface area contributed by atoms with Crippen molar-refractivity contribution in [1.29, 1.82) is 0 Å². The van der Waals surface area contributed by atoms with Gasteiger partial charge in [0.25, 0.3) is 0 Å². The maximum Gasteiger partial charge on any atom is 0.00961 e. The van der Waals surface area contributed by atoms with Gasteiger partial charge >= 0.3 is 0 Å². The molecule has 12 heavy (non-hydrogen) atoms. The molecule has 1 fully saturated rings. The van der Waals surface area contributed by atoms with Crippen molar-refractivity contribution in [2.24, 2.45) is 0 Å². The zero-order valence-corrected chi connectivity index (χ0v) is 13.5. The van der Waals surface area contributed by atoms with Crippen LogP contribution in [0.25, 0.3) is 0 Å². The van der Waals surface area contributed by atoms with E-state index in [1.807, 2.05) is 0 Å². The third-order valence-corrected chi connectivity index (χ3v) is 2.13. The smallest absolute Gasteiger partial charge is 0.00961 e. The van der Waals surface area contributed by atoms with Crippen molar-refractivity contribution in [1.82, 2.24) is 4.90 Å². The molecule has 3 heteroatoms. The summed E-state index contributed by atoms with van der Waals surface area (Å²) in [6, 6.07) is 0. The molecule has 0 N–H and O–H groups in total. The van der Waals surface area contributed by atoms with Crippen LogP contribution in [0.2, 0.25) is 0 Å². The van der Waals surface area contributed by atoms with Crippen molar-refractivity contribution in [2.45, 2.75) is 39.2 Å². The predicted octanol–water partition coefficient (Wildman–Crippen LogP) is 2.08. The van der Waals surface area contributed by atoms with Crippen LogP contribution in [-0.4, -0.2) is 23.5 Å². The molecule has 0 aromatic heterocycles. The fourth-order valence-electron chi connectivity index (χ4n) is 1.37. The standard InChI is InChI=1S/C9H18N.2Re/c1-9(2,3)10-7-5-4-6-8-10;;/h5H,4,6-8H2,1-3H3;;/q-1;;. The zero-order chi connectivity index (χ0) is 7.61. The van der Waals surface area contributed by atoms with Crippen LogP contribution in [0, 0.1) is 6.42 Å². The minimum atomic E-state index is 0. The molecular formula is C9H18NRe2-. The number of nitrogens with zero attached hydrogens (tertiary/aromatic N) is 1. The van der Waals surface area contributed by atoms with Crippen LogP contribution in [0.4, 0.5) is 0 Å². The first kappa shape index (κ1) is 15.7. The van der Waals surface area contributed by atoms with Gasteiger partial charge in [0, 0.05) is 46.4 Å². The molecule has 1 saturated heterocycles. The van der Waals surface area contributed by atoms with Crippen LogP contribution in [-0.2, 0) is 40.8 Å². The molecule has 1 nitrogen and oxygen atoms in total. The van der Waals surface area contributed by atoms with E-state index in [0.29, 0.717) is 5.54 Å². The first-order chi connectivity index (χ1) is 4.61. The average molecular weight is 513 g/mol. The van der Waals surface area contributed by atoms with Gasteiger partial charge in [-0.3, -0.25) is 0 Å². The Bertz CT molecular complexity index is 104. The Morgan fingerprint density at radius 2 is 1.75 bits per heavy atom. The summed E-state index contributed by atoms with van der Waals surface area (Å²) in [7, 11) is 0. The first-order valence-electron chi connectivity index (χ1n) is 4.17. The summed E-state index contributed by atoms with van der Waals surface area (Å²) in [4.78, 5) is 2.52. The monoisotopic (exact) mass is 514 g/mol. The minimum Gasteiger partial charge on any atom is -0.328 e. The summed E-state index contributed by atoms with van der Waals surface area (Å²) in [5.41, 5.74) is 0.372. The van der Waals surface area contributed by atoms with Crippen molar-refractivity contribution in [3.05, 3.63) is 6.42 Å². The molecule has 1 aliphatic rings. The van der Waals surface area contributed by atoms with Crippen LogP contribution >= 0.6 is 0 Å². The topological polar surface area (TPSA) is 3.24 Å². The largest absolute Gasteiger partial charge is 0.328 e. The van der Waals surface area contributed by atoms with Gasteiger partial charge in [0.05, 0.1) is 0 Å². The van der Waals surface area contributed by atoms with Gasteiger partial charge in [-0.2, -0.15) is 6.42 Å². The van der Waals surface area contributed by atoms with E-state index in [4.69, 9.17) is 0 Å². The molecule has 0 unspecified atom stereocenters. The van der Waals surface area contributed by atoms with Gasteiger partial charge in [0.1, 0.15) is 0 Å². The summed E-state index contributed by atoms with van der Waals surface area (Å²) in [5.74, 6) is 0. The number of piperidine rings is 1. The van der Waals surface area contributed by atoms with Gasteiger partial charge in [-0.1, -0.05) is 6.42 Å². The van der Waals surface area contributed by atoms with Gasteiger partial charge in [-0.25, -0.2) is 0 Å². The van der Waals surface area contributed by atoms with Crippen molar-refractivity contribution in [3.63, 3.8) is 0 Å². The fraction of sp³-hybridized carbons (Fsp3) is 0.889. The van der Waals surface area contributed by atoms with Crippen LogP contribution in [0.3, 0.4) is 0 Å². The van der Waals surface area contributed by atoms with E-state index in [9.17, 15) is 0 Å². The number of likely N-dealkylation sites (tertiary alicyclic amines) is 1. The van der Waals surface area contributed by atoms with Gasteiger partial charge in [-0.05, 0) is 27.3 Å². The second-order valence-corrected chi connectivity index (χ2v) is 4.05. The summed E-state index contributed by atoms with van der Waals surface area (Å²) in [5, 5.41) is 0. The second kappa shape index (κ2) is 6.70. The molecule has 0 aliphatic carbocycles. The summed E-state index contributed by atoms with van der Waals surface area (Å²) in [6.07, 6.45) is 5.04. The molecule has 2 radical (unpaired) electrons. The molecule has 0 saturated carbocycles. The van der Waals surface area contributed by atoms with Crippen LogP contribution in [0.15, 0.2) is 0 Å². The summed E-state index contributed by atoms with van der Waals surface area (Å²) in [6.45, 7) is 9.31. The van der Waals surface area contributed by atoms with Gasteiger partial charge in [-0.15, -0.1) is 6.54 Å². The van der Waals surface area contributed by atoms with Crippen molar-refractivity contribution in [2.75, 3.05) is 13.1 Å². The molecular weight excluding hydrogens is 495 g/mol. The summed E-state index contributed by atoms with van der Waals surface area (Å²) >= 11 is 0. The van der Waals surface area contributed by atoms with Gasteiger partial charge in [0.15, 0.2) is 0 Å². The van der Waals surface area contributed by atoms with Crippen molar-refractivity contribution >= 4 is 0 Å². The third-order valence-electron chi connectivity index (χ3n) is 2.13. The van der Waals surface area contributed by atoms with Gasteiger partial charge < -0.3 is 11.3 Å². The predicted molar refractivity (Wildman–Crippen MR) is 44.9 cm³/mol. The molecule has 0 aromatic carbocycles. The van der Waals surface area contributed by atoms with Crippen LogP contribution < -0.4 is 0 Å². The maximum absolute atomic E-state index is 2.52. The molecule has 0 spiro atoms. The Kier molecular flexibility index (Phi) is 8.79. The van der Waals surface area contributed by atoms with E-state index in [-0.39, 0.29) is 40.8 Å². The normalized spacial score (nSPS) is 19.2. The van der Waals surface area contributed by atoms with E-state index in [1.54, 1.807) is 0 Å². The van der Waals surface area contributed by atoms with E-state index >= 15 is 0 Å². The Hall–Kier alpha value is 1.28. The molecule has 0 aromatic rings. The molecule has 0 amide bonds. The molecule has 1 aliphatic heterocycles. The van der Waals surface area contributed by atoms with E-state index < -0.39 is 0 Å². The Balaban J connectivity index is 0. The first-order valence-corrected chi connectivity index (χ1v) is 4.17. The number of hydrogen-bond donors (Lipinski definition) is 0. The SMILES string of the molecule is CC(C)(C)N1C[CH-]CCC1.[Re].[Re]. The van der Waals surface area contributed by atoms with E-state index in [0.717, 1.165) is 0 Å². The quantitative estimate of drug-likeness (QED) is 0.450. The number of rotatable bonds is 0. The maximum atomic E-state index is 2.52. The molecule has 1 heterocycles. The molecule has 0 atom stereocenters. The third kappa shape index (κ3) is 5.11. The van der Waals surface area contributed by atoms with E-state index in [1.165, 1.54) is 25.9 Å². The van der Waals surface area contributed by atoms with Crippen molar-refractivity contribution < 1.29 is 40.8 Å². The fourth-order valence-corrected chi connectivity index (χ4v) is 1.37. The molecule has 1 rings (SSSR count). The minimum absolute atomic E-state index is 0.